The zero-order chi connectivity index (χ0) is 19.7. The molecule has 0 radical (unpaired) electrons. The minimum absolute atomic E-state index is 0. The van der Waals surface area contributed by atoms with Gasteiger partial charge in [0.2, 0.25) is 0 Å². The first-order valence-electron chi connectivity index (χ1n) is 7.07. The van der Waals surface area contributed by atoms with Gasteiger partial charge in [-0.15, -0.1) is 0 Å². The molecule has 154 valence electrons. The van der Waals surface area contributed by atoms with E-state index in [1.165, 1.54) is 50.6 Å². The molecule has 0 aliphatic carbocycles. The molecular weight excluding hydrogens is 372 g/mol. The lowest BCUT2D eigenvalue weighted by Crippen LogP contribution is -1.96. The minimum atomic E-state index is -0.608. The van der Waals surface area contributed by atoms with Crippen molar-refractivity contribution in [2.45, 2.75) is 21.5 Å². The van der Waals surface area contributed by atoms with Crippen molar-refractivity contribution in [2.24, 2.45) is 0 Å². The summed E-state index contributed by atoms with van der Waals surface area (Å²) in [7, 11) is 2.89. The molecule has 0 bridgehead atoms. The van der Waals surface area contributed by atoms with Crippen molar-refractivity contribution >= 4 is 17.7 Å². The highest BCUT2D eigenvalue weighted by atomic mass is 16.6. The lowest BCUT2D eigenvalue weighted by atomic mass is 10.2. The number of hydrogen-bond donors (Lipinski definition) is 1. The highest BCUT2D eigenvalue weighted by Crippen LogP contribution is 2.23. The first kappa shape index (κ1) is 26.7. The molecule has 0 aromatic heterocycles. The SMILES string of the molecule is C.C.COc1ccc([N+](=O)[O-])c(C=O)c1.COc1ccc([N+](=O)[O-])c(CO)c1. The second kappa shape index (κ2) is 12.8. The number of benzene rings is 2. The Balaban J connectivity index is 0. The Bertz CT molecular complexity index is 808. The van der Waals surface area contributed by atoms with Gasteiger partial charge < -0.3 is 14.6 Å². The molecule has 2 aromatic rings. The number of aldehydes is 1. The van der Waals surface area contributed by atoms with E-state index in [9.17, 15) is 25.0 Å². The molecule has 0 heterocycles. The van der Waals surface area contributed by atoms with E-state index in [1.54, 1.807) is 0 Å². The zero-order valence-electron chi connectivity index (χ0n) is 13.9. The number of nitrogens with zero attached hydrogens (tertiary/aromatic N) is 2. The summed E-state index contributed by atoms with van der Waals surface area (Å²) in [5.41, 5.74) is -0.0344. The number of ether oxygens (including phenoxy) is 2. The van der Waals surface area contributed by atoms with Crippen LogP contribution in [0.1, 0.15) is 30.8 Å². The number of nitro benzene ring substituents is 2. The molecule has 0 saturated carbocycles. The second-order valence-electron chi connectivity index (χ2n) is 4.71. The number of rotatable bonds is 6. The fourth-order valence-electron chi connectivity index (χ4n) is 1.91. The highest BCUT2D eigenvalue weighted by Gasteiger charge is 2.13. The van der Waals surface area contributed by atoms with Crippen LogP contribution in [0.3, 0.4) is 0 Å². The summed E-state index contributed by atoms with van der Waals surface area (Å²) in [6, 6.07) is 8.23. The number of nitro groups is 2. The number of aliphatic hydroxyl groups is 1. The molecule has 2 aromatic carbocycles. The van der Waals surface area contributed by atoms with E-state index in [0.717, 1.165) is 0 Å². The van der Waals surface area contributed by atoms with Crippen molar-refractivity contribution in [2.75, 3.05) is 14.2 Å². The Morgan fingerprint density at radius 3 is 1.79 bits per heavy atom. The van der Waals surface area contributed by atoms with Crippen LogP contribution < -0.4 is 9.47 Å². The van der Waals surface area contributed by atoms with E-state index in [1.807, 2.05) is 0 Å². The Kier molecular flexibility index (Phi) is 12.2. The van der Waals surface area contributed by atoms with Gasteiger partial charge in [0.15, 0.2) is 6.29 Å². The van der Waals surface area contributed by atoms with E-state index in [0.29, 0.717) is 17.8 Å². The number of methoxy groups -OCH3 is 2. The molecule has 0 aliphatic heterocycles. The summed E-state index contributed by atoms with van der Waals surface area (Å²) < 4.78 is 9.67. The van der Waals surface area contributed by atoms with Crippen molar-refractivity contribution < 1.29 is 29.2 Å². The highest BCUT2D eigenvalue weighted by molar-refractivity contribution is 5.82. The number of carbonyl (C=O) groups is 1. The molecule has 28 heavy (non-hydrogen) atoms. The molecule has 0 atom stereocenters. The third-order valence-corrected chi connectivity index (χ3v) is 3.21. The van der Waals surface area contributed by atoms with E-state index < -0.39 is 9.85 Å². The molecule has 1 N–H and O–H groups in total. The Labute approximate surface area is 162 Å². The van der Waals surface area contributed by atoms with Crippen molar-refractivity contribution in [3.63, 3.8) is 0 Å². The minimum Gasteiger partial charge on any atom is -0.497 e. The molecule has 2 rings (SSSR count). The average Bonchev–Trinajstić information content (AvgIpc) is 2.66. The lowest BCUT2D eigenvalue weighted by Gasteiger charge is -2.02. The summed E-state index contributed by atoms with van der Waals surface area (Å²) >= 11 is 0. The Hall–Kier alpha value is -3.53. The van der Waals surface area contributed by atoms with Crippen molar-refractivity contribution in [1.29, 1.82) is 0 Å². The zero-order valence-corrected chi connectivity index (χ0v) is 13.9. The van der Waals surface area contributed by atoms with Crippen LogP contribution in [-0.4, -0.2) is 35.5 Å². The van der Waals surface area contributed by atoms with Crippen LogP contribution in [0, 0.1) is 20.2 Å². The standard InChI is InChI=1S/C8H9NO4.C8H7NO4.2CH4/c2*1-13-7-2-3-8(9(11)12)6(4-7)5-10;;/h2-4,10H,5H2,1H3;2-5H,1H3;2*1H4. The Morgan fingerprint density at radius 1 is 0.929 bits per heavy atom. The van der Waals surface area contributed by atoms with Gasteiger partial charge in [-0.1, -0.05) is 14.9 Å². The van der Waals surface area contributed by atoms with Crippen molar-refractivity contribution in [1.82, 2.24) is 0 Å². The summed E-state index contributed by atoms with van der Waals surface area (Å²) in [6.45, 7) is -0.368. The summed E-state index contributed by atoms with van der Waals surface area (Å²) in [4.78, 5) is 30.1. The van der Waals surface area contributed by atoms with Gasteiger partial charge in [-0.3, -0.25) is 25.0 Å². The van der Waals surface area contributed by atoms with Gasteiger partial charge in [0.05, 0.1) is 41.8 Å². The first-order chi connectivity index (χ1) is 12.4. The molecule has 10 heteroatoms. The van der Waals surface area contributed by atoms with Crippen LogP contribution >= 0.6 is 0 Å². The smallest absolute Gasteiger partial charge is 0.280 e. The predicted molar refractivity (Wildman–Crippen MR) is 104 cm³/mol. The van der Waals surface area contributed by atoms with E-state index in [2.05, 4.69) is 0 Å². The topological polar surface area (TPSA) is 142 Å². The summed E-state index contributed by atoms with van der Waals surface area (Å²) in [5.74, 6) is 0.919. The average molecular weight is 396 g/mol. The number of carbonyl (C=O) groups excluding carboxylic acids is 1. The molecule has 0 fully saturated rings. The fourth-order valence-corrected chi connectivity index (χ4v) is 1.91. The fraction of sp³-hybridized carbons (Fsp3) is 0.278. The van der Waals surface area contributed by atoms with Gasteiger partial charge in [-0.2, -0.15) is 0 Å². The van der Waals surface area contributed by atoms with Crippen LogP contribution in [0.15, 0.2) is 36.4 Å². The third kappa shape index (κ3) is 7.00. The van der Waals surface area contributed by atoms with Gasteiger partial charge in [0, 0.05) is 12.1 Å². The van der Waals surface area contributed by atoms with E-state index >= 15 is 0 Å². The molecule has 0 amide bonds. The van der Waals surface area contributed by atoms with Crippen LogP contribution in [0.4, 0.5) is 11.4 Å². The van der Waals surface area contributed by atoms with Crippen LogP contribution in [0.25, 0.3) is 0 Å². The number of hydrogen-bond acceptors (Lipinski definition) is 8. The van der Waals surface area contributed by atoms with Gasteiger partial charge in [-0.05, 0) is 24.3 Å². The molecule has 0 unspecified atom stereocenters. The van der Waals surface area contributed by atoms with Gasteiger partial charge in [0.25, 0.3) is 11.4 Å². The molecular formula is C18H24N2O8. The van der Waals surface area contributed by atoms with E-state index in [-0.39, 0.29) is 44.0 Å². The third-order valence-electron chi connectivity index (χ3n) is 3.21. The van der Waals surface area contributed by atoms with Crippen LogP contribution in [0.5, 0.6) is 11.5 Å². The summed E-state index contributed by atoms with van der Waals surface area (Å²) in [6.07, 6.45) is 0.431. The number of aliphatic hydroxyl groups excluding tert-OH is 1. The van der Waals surface area contributed by atoms with E-state index in [4.69, 9.17) is 14.6 Å². The molecule has 0 spiro atoms. The molecule has 0 saturated heterocycles. The Morgan fingerprint density at radius 2 is 1.39 bits per heavy atom. The molecule has 10 nitrogen and oxygen atoms in total. The quantitative estimate of drug-likeness (QED) is 0.441. The molecule has 0 aliphatic rings. The van der Waals surface area contributed by atoms with Crippen molar-refractivity contribution in [3.8, 4) is 11.5 Å². The maximum Gasteiger partial charge on any atom is 0.280 e. The predicted octanol–water partition coefficient (Wildman–Crippen LogP) is 3.78. The normalized spacial score (nSPS) is 8.82. The summed E-state index contributed by atoms with van der Waals surface area (Å²) in [5, 5.41) is 29.6. The van der Waals surface area contributed by atoms with Crippen LogP contribution in [0.2, 0.25) is 0 Å². The van der Waals surface area contributed by atoms with Gasteiger partial charge in [-0.25, -0.2) is 0 Å². The maximum absolute atomic E-state index is 10.4. The van der Waals surface area contributed by atoms with Gasteiger partial charge >= 0.3 is 0 Å². The van der Waals surface area contributed by atoms with Gasteiger partial charge in [0.1, 0.15) is 11.5 Å². The largest absolute Gasteiger partial charge is 0.497 e. The maximum atomic E-state index is 10.4. The van der Waals surface area contributed by atoms with Crippen molar-refractivity contribution in [3.05, 3.63) is 67.8 Å². The lowest BCUT2D eigenvalue weighted by molar-refractivity contribution is -0.385. The second-order valence-corrected chi connectivity index (χ2v) is 4.71. The monoisotopic (exact) mass is 396 g/mol. The first-order valence-corrected chi connectivity index (χ1v) is 7.07. The van der Waals surface area contributed by atoms with Crippen LogP contribution in [-0.2, 0) is 6.61 Å².